The van der Waals surface area contributed by atoms with Gasteiger partial charge >= 0.3 is 5.97 Å². The molecule has 4 saturated carbocycles. The van der Waals surface area contributed by atoms with Crippen molar-refractivity contribution < 1.29 is 14.6 Å². The number of hydrogen-bond acceptors (Lipinski definition) is 5. The van der Waals surface area contributed by atoms with Crippen LogP contribution in [0.4, 0.5) is 0 Å². The monoisotopic (exact) mass is 482 g/mol. The molecule has 0 amide bonds. The van der Waals surface area contributed by atoms with Crippen LogP contribution in [0.1, 0.15) is 104 Å². The van der Waals surface area contributed by atoms with Crippen LogP contribution in [0.15, 0.2) is 10.2 Å². The summed E-state index contributed by atoms with van der Waals surface area (Å²) in [6.07, 6.45) is 18.4. The van der Waals surface area contributed by atoms with Crippen LogP contribution in [0, 0.1) is 58.7 Å². The molecule has 0 unspecified atom stereocenters. The molecule has 5 aliphatic rings. The predicted octanol–water partition coefficient (Wildman–Crippen LogP) is 6.54. The average molecular weight is 483 g/mol. The lowest BCUT2D eigenvalue weighted by Gasteiger charge is -2.62. The van der Waals surface area contributed by atoms with E-state index < -0.39 is 0 Å². The summed E-state index contributed by atoms with van der Waals surface area (Å²) < 4.78 is 5.46. The van der Waals surface area contributed by atoms with E-state index in [0.29, 0.717) is 42.1 Å². The molecule has 0 aromatic heterocycles. The fraction of sp³-hybridized carbons (Fsp3) is 0.900. The van der Waals surface area contributed by atoms with Gasteiger partial charge in [-0.3, -0.25) is 4.79 Å². The molecule has 1 N–H and O–H groups in total. The van der Waals surface area contributed by atoms with Gasteiger partial charge in [0.05, 0.1) is 12.7 Å². The first-order valence-electron chi connectivity index (χ1n) is 14.4. The van der Waals surface area contributed by atoms with Crippen LogP contribution in [-0.2, 0) is 9.53 Å². The van der Waals surface area contributed by atoms with Crippen molar-refractivity contribution in [2.75, 3.05) is 6.61 Å². The van der Waals surface area contributed by atoms with E-state index in [0.717, 1.165) is 63.2 Å². The molecule has 5 nitrogen and oxygen atoms in total. The maximum Gasteiger partial charge on any atom is 0.305 e. The smallest absolute Gasteiger partial charge is 0.305 e. The lowest BCUT2D eigenvalue weighted by Crippen LogP contribution is -2.59. The maximum absolute atomic E-state index is 12.3. The molecule has 0 saturated heterocycles. The van der Waals surface area contributed by atoms with Crippen LogP contribution >= 0.6 is 0 Å². The van der Waals surface area contributed by atoms with Gasteiger partial charge in [-0.1, -0.05) is 20.8 Å². The normalized spacial score (nSPS) is 43.5. The quantitative estimate of drug-likeness (QED) is 0.242. The highest BCUT2D eigenvalue weighted by Gasteiger charge is 2.69. The van der Waals surface area contributed by atoms with Gasteiger partial charge in [-0.25, -0.2) is 0 Å². The summed E-state index contributed by atoms with van der Waals surface area (Å²) in [5, 5.41) is 19.8. The zero-order valence-corrected chi connectivity index (χ0v) is 22.2. The van der Waals surface area contributed by atoms with Crippen LogP contribution in [0.3, 0.4) is 0 Å². The maximum atomic E-state index is 12.3. The minimum Gasteiger partial charge on any atom is -0.466 e. The molecule has 194 valence electrons. The summed E-state index contributed by atoms with van der Waals surface area (Å²) in [5.41, 5.74) is 0.428. The molecule has 0 aromatic rings. The first-order chi connectivity index (χ1) is 16.7. The molecule has 4 fully saturated rings. The van der Waals surface area contributed by atoms with Crippen molar-refractivity contribution in [3.63, 3.8) is 0 Å². The van der Waals surface area contributed by atoms with Gasteiger partial charge < -0.3 is 9.84 Å². The third-order valence-corrected chi connectivity index (χ3v) is 11.6. The zero-order valence-electron chi connectivity index (χ0n) is 22.2. The number of hydrogen-bond donors (Lipinski definition) is 1. The van der Waals surface area contributed by atoms with Crippen molar-refractivity contribution in [2.45, 2.75) is 116 Å². The van der Waals surface area contributed by atoms with Crippen LogP contribution in [0.5, 0.6) is 0 Å². The number of terminal acetylenes is 1. The summed E-state index contributed by atoms with van der Waals surface area (Å²) >= 11 is 0. The number of fused-ring (bicyclic) bond motifs is 6. The van der Waals surface area contributed by atoms with E-state index in [1.54, 1.807) is 0 Å². The number of rotatable bonds is 8. The Bertz CT molecular complexity index is 873. The van der Waals surface area contributed by atoms with Gasteiger partial charge in [0.2, 0.25) is 0 Å². The zero-order chi connectivity index (χ0) is 24.8. The molecule has 1 spiro atoms. The van der Waals surface area contributed by atoms with E-state index in [-0.39, 0.29) is 23.2 Å². The number of ether oxygens (including phenoxy) is 1. The number of esters is 1. The van der Waals surface area contributed by atoms with Gasteiger partial charge in [0.25, 0.3) is 0 Å². The second-order valence-corrected chi connectivity index (χ2v) is 13.3. The average Bonchev–Trinajstić information content (AvgIpc) is 3.50. The third-order valence-electron chi connectivity index (χ3n) is 11.6. The van der Waals surface area contributed by atoms with E-state index in [4.69, 9.17) is 11.2 Å². The second kappa shape index (κ2) is 9.47. The Labute approximate surface area is 212 Å². The number of unbranched alkanes of at least 4 members (excludes halogenated alkanes) is 2. The summed E-state index contributed by atoms with van der Waals surface area (Å²) in [6, 6.07) is 0. The summed E-state index contributed by atoms with van der Waals surface area (Å²) in [5.74, 6) is 6.42. The fourth-order valence-electron chi connectivity index (χ4n) is 9.75. The lowest BCUT2D eigenvalue weighted by molar-refractivity contribution is -0.147. The molecule has 1 aliphatic heterocycles. The van der Waals surface area contributed by atoms with Crippen molar-refractivity contribution in [3.8, 4) is 12.3 Å². The number of carbonyl (C=O) groups excluding carboxylic acids is 1. The summed E-state index contributed by atoms with van der Waals surface area (Å²) in [7, 11) is 0. The molecular formula is C30H46N2O3. The number of nitrogens with zero attached hydrogens (tertiary/aromatic N) is 2. The van der Waals surface area contributed by atoms with Crippen LogP contribution in [0.25, 0.3) is 0 Å². The number of aliphatic hydroxyl groups is 1. The van der Waals surface area contributed by atoms with Gasteiger partial charge in [0, 0.05) is 25.2 Å². The van der Waals surface area contributed by atoms with Gasteiger partial charge in [-0.15, -0.1) is 12.3 Å². The molecule has 0 aromatic carbocycles. The third kappa shape index (κ3) is 4.36. The molecule has 1 heterocycles. The predicted molar refractivity (Wildman–Crippen MR) is 136 cm³/mol. The molecule has 35 heavy (non-hydrogen) atoms. The summed E-state index contributed by atoms with van der Waals surface area (Å²) in [4.78, 5) is 12.3. The van der Waals surface area contributed by atoms with Gasteiger partial charge in [0.1, 0.15) is 0 Å². The Morgan fingerprint density at radius 1 is 1.11 bits per heavy atom. The Morgan fingerprint density at radius 2 is 1.86 bits per heavy atom. The van der Waals surface area contributed by atoms with Crippen molar-refractivity contribution in [1.29, 1.82) is 0 Å². The van der Waals surface area contributed by atoms with E-state index in [9.17, 15) is 9.90 Å². The first-order valence-corrected chi connectivity index (χ1v) is 14.4. The first kappa shape index (κ1) is 25.2. The van der Waals surface area contributed by atoms with Crippen LogP contribution in [-0.4, -0.2) is 29.4 Å². The highest BCUT2D eigenvalue weighted by atomic mass is 16.5. The molecule has 5 heteroatoms. The summed E-state index contributed by atoms with van der Waals surface area (Å²) in [6.45, 7) is 7.95. The molecular weight excluding hydrogens is 436 g/mol. The van der Waals surface area contributed by atoms with Crippen molar-refractivity contribution in [3.05, 3.63) is 0 Å². The molecule has 0 bridgehead atoms. The largest absolute Gasteiger partial charge is 0.466 e. The van der Waals surface area contributed by atoms with E-state index >= 15 is 0 Å². The van der Waals surface area contributed by atoms with Crippen molar-refractivity contribution >= 4 is 5.97 Å². The van der Waals surface area contributed by atoms with Gasteiger partial charge in [-0.2, -0.15) is 10.2 Å². The molecule has 0 radical (unpaired) electrons. The highest BCUT2D eigenvalue weighted by Crippen LogP contribution is 2.72. The lowest BCUT2D eigenvalue weighted by atomic mass is 9.42. The Kier molecular flexibility index (Phi) is 6.83. The minimum absolute atomic E-state index is 0.0504. The Balaban J connectivity index is 1.21. The molecule has 9 atom stereocenters. The standard InChI is InChI=1S/C30H46N2O3/c1-5-6-7-8-17-35-27(34)12-9-20(2)23-10-11-24-22-19-30(31-32-30)26-18-21(33)13-15-29(26,4)25(22)14-16-28(23,24)3/h1,20-26,33H,6-19H2,2-4H3/t20-,21-,22+,23-,24-,25-,26-,28-,29-/m1/s1. The van der Waals surface area contributed by atoms with Gasteiger partial charge in [-0.05, 0) is 105 Å². The van der Waals surface area contributed by atoms with Crippen molar-refractivity contribution in [2.24, 2.45) is 56.6 Å². The van der Waals surface area contributed by atoms with Crippen molar-refractivity contribution in [1.82, 2.24) is 0 Å². The van der Waals surface area contributed by atoms with E-state index in [1.807, 2.05) is 0 Å². The Morgan fingerprint density at radius 3 is 2.60 bits per heavy atom. The van der Waals surface area contributed by atoms with Gasteiger partial charge in [0.15, 0.2) is 5.66 Å². The van der Waals surface area contributed by atoms with E-state index in [1.165, 1.54) is 25.7 Å². The topological polar surface area (TPSA) is 71.2 Å². The molecule has 5 rings (SSSR count). The Hall–Kier alpha value is -1.41. The number of aliphatic hydroxyl groups excluding tert-OH is 1. The second-order valence-electron chi connectivity index (χ2n) is 13.3. The number of carbonyl (C=O) groups is 1. The van der Waals surface area contributed by atoms with E-state index in [2.05, 4.69) is 36.9 Å². The SMILES string of the molecule is C#CCCCCOC(=O)CC[C@@H](C)[C@H]1CC[C@@H]2[C@@H]3CC4(N=N4)[C@@H]4C[C@H](O)CC[C@]4(C)[C@@H]3CC[C@@]21C. The fourth-order valence-corrected chi connectivity index (χ4v) is 9.75. The highest BCUT2D eigenvalue weighted by molar-refractivity contribution is 5.69. The minimum atomic E-state index is -0.191. The molecule has 4 aliphatic carbocycles. The van der Waals surface area contributed by atoms with Crippen LogP contribution < -0.4 is 0 Å². The van der Waals surface area contributed by atoms with Crippen LogP contribution in [0.2, 0.25) is 0 Å².